The summed E-state index contributed by atoms with van der Waals surface area (Å²) in [5.41, 5.74) is 4.98. The highest BCUT2D eigenvalue weighted by Gasteiger charge is 2.59. The Morgan fingerprint density at radius 3 is 2.15 bits per heavy atom. The number of hydrogen-bond acceptors (Lipinski definition) is 4. The van der Waals surface area contributed by atoms with Crippen LogP contribution in [0.5, 0.6) is 0 Å². The van der Waals surface area contributed by atoms with Crippen LogP contribution in [0.1, 0.15) is 77.3 Å². The molecule has 6 rings (SSSR count). The summed E-state index contributed by atoms with van der Waals surface area (Å²) in [6.45, 7) is 14.8. The molecule has 6 nitrogen and oxygen atoms in total. The molecule has 216 valence electrons. The second-order valence-electron chi connectivity index (χ2n) is 14.3. The van der Waals surface area contributed by atoms with Gasteiger partial charge < -0.3 is 9.80 Å². The maximum atomic E-state index is 14.3. The lowest BCUT2D eigenvalue weighted by Gasteiger charge is -2.43. The van der Waals surface area contributed by atoms with E-state index < -0.39 is 5.54 Å². The average molecular weight is 545 g/mol. The predicted molar refractivity (Wildman–Crippen MR) is 160 cm³/mol. The topological polar surface area (TPSA) is 47.1 Å². The van der Waals surface area contributed by atoms with Crippen LogP contribution in [-0.2, 0) is 17.6 Å². The Kier molecular flexibility index (Phi) is 7.35. The maximum Gasteiger partial charge on any atom is 0.327 e. The molecule has 6 heteroatoms. The van der Waals surface area contributed by atoms with Crippen molar-refractivity contribution in [2.24, 2.45) is 11.3 Å². The van der Waals surface area contributed by atoms with E-state index in [0.29, 0.717) is 12.5 Å². The summed E-state index contributed by atoms with van der Waals surface area (Å²) in [7, 11) is 0. The Balaban J connectivity index is 1.16. The molecule has 0 radical (unpaired) electrons. The van der Waals surface area contributed by atoms with E-state index in [-0.39, 0.29) is 23.4 Å². The largest absolute Gasteiger partial charge is 0.375 e. The van der Waals surface area contributed by atoms with Gasteiger partial charge in [0.2, 0.25) is 0 Å². The first kappa shape index (κ1) is 27.6. The van der Waals surface area contributed by atoms with Gasteiger partial charge in [0.1, 0.15) is 5.54 Å². The van der Waals surface area contributed by atoms with Gasteiger partial charge in [-0.3, -0.25) is 14.6 Å². The zero-order valence-corrected chi connectivity index (χ0v) is 25.1. The normalized spacial score (nSPS) is 25.7. The second kappa shape index (κ2) is 10.7. The van der Waals surface area contributed by atoms with Crippen molar-refractivity contribution in [1.29, 1.82) is 0 Å². The van der Waals surface area contributed by atoms with Crippen LogP contribution in [0.2, 0.25) is 0 Å². The van der Waals surface area contributed by atoms with Crippen molar-refractivity contribution in [2.45, 2.75) is 90.6 Å². The monoisotopic (exact) mass is 544 g/mol. The number of rotatable bonds is 6. The minimum absolute atomic E-state index is 0.0519. The molecule has 0 bridgehead atoms. The molecule has 1 aromatic rings. The van der Waals surface area contributed by atoms with Crippen molar-refractivity contribution in [1.82, 2.24) is 19.6 Å². The summed E-state index contributed by atoms with van der Waals surface area (Å²) in [5.74, 6) is 0.632. The van der Waals surface area contributed by atoms with Crippen LogP contribution in [0.15, 0.2) is 47.7 Å². The number of carbonyl (C=O) groups excluding carboxylic acids is 2. The van der Waals surface area contributed by atoms with Crippen LogP contribution in [0.3, 0.4) is 0 Å². The van der Waals surface area contributed by atoms with Gasteiger partial charge in [-0.2, -0.15) is 0 Å². The number of amides is 3. The molecule has 0 aromatic heterocycles. The van der Waals surface area contributed by atoms with E-state index in [4.69, 9.17) is 0 Å². The van der Waals surface area contributed by atoms with E-state index in [0.717, 1.165) is 58.2 Å². The Bertz CT molecular complexity index is 1170. The quantitative estimate of drug-likeness (QED) is 0.435. The first-order valence-electron chi connectivity index (χ1n) is 15.7. The van der Waals surface area contributed by atoms with Gasteiger partial charge in [-0.15, -0.1) is 0 Å². The van der Waals surface area contributed by atoms with Gasteiger partial charge in [0.15, 0.2) is 0 Å². The molecule has 3 fully saturated rings. The molecule has 1 spiro atoms. The highest BCUT2D eigenvalue weighted by molar-refractivity contribution is 6.07. The summed E-state index contributed by atoms with van der Waals surface area (Å²) in [6.07, 6.45) is 12.4. The summed E-state index contributed by atoms with van der Waals surface area (Å²) in [4.78, 5) is 37.1. The molecule has 3 heterocycles. The second-order valence-corrected chi connectivity index (χ2v) is 14.3. The van der Waals surface area contributed by atoms with Gasteiger partial charge in [0.25, 0.3) is 5.91 Å². The van der Waals surface area contributed by atoms with Gasteiger partial charge >= 0.3 is 6.03 Å². The standard InChI is InChI=1S/C34H48N4O2/c1-25-21-26(11-12-30(25)36-16-7-8-17-36)24-35-18-14-34(15-19-35)31(39)38(32(40)37(34)20-13-33(2,3)4)29-22-27-9-5-6-10-28(27)23-29/h5-6,9-12,25,29H,7-8,13-24H2,1-4H3. The van der Waals surface area contributed by atoms with Crippen molar-refractivity contribution < 1.29 is 9.59 Å². The van der Waals surface area contributed by atoms with Crippen LogP contribution in [-0.4, -0.2) is 82.4 Å². The van der Waals surface area contributed by atoms with Gasteiger partial charge in [0.05, 0.1) is 0 Å². The van der Waals surface area contributed by atoms with Crippen molar-refractivity contribution in [3.8, 4) is 0 Å². The Morgan fingerprint density at radius 1 is 0.900 bits per heavy atom. The summed E-state index contributed by atoms with van der Waals surface area (Å²) in [6, 6.07) is 8.31. The van der Waals surface area contributed by atoms with Crippen molar-refractivity contribution in [3.63, 3.8) is 0 Å². The number of allylic oxidation sites excluding steroid dienone is 3. The lowest BCUT2D eigenvalue weighted by molar-refractivity contribution is -0.137. The fourth-order valence-corrected chi connectivity index (χ4v) is 7.83. The molecular formula is C34H48N4O2. The van der Waals surface area contributed by atoms with Gasteiger partial charge in [-0.1, -0.05) is 63.6 Å². The molecule has 0 saturated carbocycles. The Hall–Kier alpha value is -2.60. The first-order chi connectivity index (χ1) is 19.1. The molecule has 1 aromatic carbocycles. The van der Waals surface area contributed by atoms with E-state index >= 15 is 0 Å². The number of carbonyl (C=O) groups is 2. The van der Waals surface area contributed by atoms with Gasteiger partial charge in [-0.25, -0.2) is 4.79 Å². The minimum atomic E-state index is -0.690. The summed E-state index contributed by atoms with van der Waals surface area (Å²) >= 11 is 0. The highest BCUT2D eigenvalue weighted by Crippen LogP contribution is 2.42. The average Bonchev–Trinajstić information content (AvgIpc) is 3.63. The number of likely N-dealkylation sites (tertiary alicyclic amines) is 2. The zero-order chi connectivity index (χ0) is 28.1. The Morgan fingerprint density at radius 2 is 1.55 bits per heavy atom. The zero-order valence-electron chi connectivity index (χ0n) is 25.1. The number of piperidine rings is 1. The molecule has 5 aliphatic rings. The Labute approximate surface area is 241 Å². The van der Waals surface area contributed by atoms with E-state index in [1.807, 2.05) is 4.90 Å². The smallest absolute Gasteiger partial charge is 0.327 e. The first-order valence-corrected chi connectivity index (χ1v) is 15.7. The molecular weight excluding hydrogens is 496 g/mol. The molecule has 1 unspecified atom stereocenters. The van der Waals surface area contributed by atoms with Gasteiger partial charge in [0, 0.05) is 51.0 Å². The molecule has 3 aliphatic heterocycles. The van der Waals surface area contributed by atoms with E-state index in [2.05, 4.69) is 73.9 Å². The molecule has 40 heavy (non-hydrogen) atoms. The van der Waals surface area contributed by atoms with Crippen molar-refractivity contribution >= 4 is 11.9 Å². The van der Waals surface area contributed by atoms with E-state index in [1.54, 1.807) is 4.90 Å². The van der Waals surface area contributed by atoms with Crippen LogP contribution in [0, 0.1) is 11.3 Å². The minimum Gasteiger partial charge on any atom is -0.375 e. The summed E-state index contributed by atoms with van der Waals surface area (Å²) < 4.78 is 0. The van der Waals surface area contributed by atoms with Gasteiger partial charge in [-0.05, 0) is 79.9 Å². The predicted octanol–water partition coefficient (Wildman–Crippen LogP) is 5.63. The third-order valence-electron chi connectivity index (χ3n) is 10.2. The lowest BCUT2D eigenvalue weighted by atomic mass is 9.83. The van der Waals surface area contributed by atoms with Crippen LogP contribution < -0.4 is 0 Å². The van der Waals surface area contributed by atoms with Crippen molar-refractivity contribution in [3.05, 3.63) is 58.8 Å². The number of imide groups is 1. The number of benzene rings is 1. The van der Waals surface area contributed by atoms with E-state index in [9.17, 15) is 9.59 Å². The maximum absolute atomic E-state index is 14.3. The molecule has 3 saturated heterocycles. The van der Waals surface area contributed by atoms with Crippen LogP contribution in [0.25, 0.3) is 0 Å². The fourth-order valence-electron chi connectivity index (χ4n) is 7.83. The number of hydrogen-bond donors (Lipinski definition) is 0. The summed E-state index contributed by atoms with van der Waals surface area (Å²) in [5, 5.41) is 0. The van der Waals surface area contributed by atoms with Crippen LogP contribution >= 0.6 is 0 Å². The molecule has 2 aliphatic carbocycles. The third kappa shape index (κ3) is 5.13. The fraction of sp³-hybridized carbons (Fsp3) is 0.647. The number of fused-ring (bicyclic) bond motifs is 1. The SMILES string of the molecule is CC1CC(CN2CCC3(CC2)C(=O)N(C2Cc4ccccc4C2)C(=O)N3CCC(C)(C)C)=CC=C1N1CCCC1. The number of nitrogens with zero attached hydrogens (tertiary/aromatic N) is 4. The number of urea groups is 1. The molecule has 0 N–H and O–H groups in total. The van der Waals surface area contributed by atoms with E-state index in [1.165, 1.54) is 48.3 Å². The van der Waals surface area contributed by atoms with Crippen LogP contribution in [0.4, 0.5) is 4.79 Å². The molecule has 3 amide bonds. The highest BCUT2D eigenvalue weighted by atomic mass is 16.2. The third-order valence-corrected chi connectivity index (χ3v) is 10.2. The van der Waals surface area contributed by atoms with Crippen molar-refractivity contribution in [2.75, 3.05) is 39.3 Å². The lowest BCUT2D eigenvalue weighted by Crippen LogP contribution is -2.57. The molecule has 1 atom stereocenters.